The van der Waals surface area contributed by atoms with Crippen molar-refractivity contribution in [1.29, 1.82) is 0 Å². The first-order valence-electron chi connectivity index (χ1n) is 5.92. The molecular weight excluding hydrogens is 222 g/mol. The third-order valence-electron chi connectivity index (χ3n) is 2.57. The zero-order valence-electron chi connectivity index (χ0n) is 10.5. The Hall–Kier alpha value is -1.14. The molecule has 17 heavy (non-hydrogen) atoms. The van der Waals surface area contributed by atoms with E-state index >= 15 is 0 Å². The summed E-state index contributed by atoms with van der Waals surface area (Å²) in [6.07, 6.45) is 2.03. The van der Waals surface area contributed by atoms with Gasteiger partial charge in [0.05, 0.1) is 6.10 Å². The number of rotatable bonds is 5. The first-order valence-corrected chi connectivity index (χ1v) is 5.92. The largest absolute Gasteiger partial charge is 0.376 e. The predicted molar refractivity (Wildman–Crippen MR) is 63.5 cm³/mol. The maximum absolute atomic E-state index is 11.4. The Kier molecular flexibility index (Phi) is 5.93. The van der Waals surface area contributed by atoms with E-state index in [-0.39, 0.29) is 6.10 Å². The summed E-state index contributed by atoms with van der Waals surface area (Å²) in [7, 11) is 3.81. The lowest BCUT2D eigenvalue weighted by Gasteiger charge is -2.12. The molecule has 0 saturated carbocycles. The van der Waals surface area contributed by atoms with Crippen LogP contribution in [0.3, 0.4) is 0 Å². The van der Waals surface area contributed by atoms with Crippen molar-refractivity contribution in [2.45, 2.75) is 18.9 Å². The van der Waals surface area contributed by atoms with Crippen LogP contribution in [-0.2, 0) is 14.3 Å². The van der Waals surface area contributed by atoms with Gasteiger partial charge in [0.15, 0.2) is 0 Å². The minimum atomic E-state index is -0.584. The van der Waals surface area contributed by atoms with Crippen LogP contribution in [0.25, 0.3) is 0 Å². The van der Waals surface area contributed by atoms with Crippen LogP contribution in [0.1, 0.15) is 12.8 Å². The topological polar surface area (TPSA) is 70.7 Å². The van der Waals surface area contributed by atoms with Crippen molar-refractivity contribution >= 4 is 11.8 Å². The molecule has 1 aliphatic heterocycles. The summed E-state index contributed by atoms with van der Waals surface area (Å²) in [5.74, 6) is -1.16. The molecule has 2 amide bonds. The summed E-state index contributed by atoms with van der Waals surface area (Å²) in [6, 6.07) is 0. The second kappa shape index (κ2) is 7.24. The van der Waals surface area contributed by atoms with E-state index in [1.165, 1.54) is 0 Å². The molecule has 98 valence electrons. The molecule has 1 heterocycles. The van der Waals surface area contributed by atoms with Crippen LogP contribution >= 0.6 is 0 Å². The highest BCUT2D eigenvalue weighted by Crippen LogP contribution is 2.10. The second-order valence-corrected chi connectivity index (χ2v) is 4.40. The van der Waals surface area contributed by atoms with Crippen molar-refractivity contribution in [2.24, 2.45) is 0 Å². The Labute approximate surface area is 102 Å². The van der Waals surface area contributed by atoms with E-state index in [4.69, 9.17) is 4.74 Å². The number of likely N-dealkylation sites (N-methyl/N-ethyl adjacent to an activating group) is 1. The smallest absolute Gasteiger partial charge is 0.309 e. The first-order chi connectivity index (χ1) is 8.09. The Bertz CT molecular complexity index is 263. The van der Waals surface area contributed by atoms with Crippen LogP contribution in [0, 0.1) is 0 Å². The Balaban J connectivity index is 2.11. The number of carbonyl (C=O) groups excluding carboxylic acids is 2. The molecule has 1 fully saturated rings. The first kappa shape index (κ1) is 13.9. The van der Waals surface area contributed by atoms with Crippen LogP contribution in [-0.4, -0.2) is 63.2 Å². The van der Waals surface area contributed by atoms with Gasteiger partial charge in [-0.3, -0.25) is 9.59 Å². The highest BCUT2D eigenvalue weighted by molar-refractivity contribution is 6.35. The molecular formula is C11H21N3O3. The number of hydrogen-bond acceptors (Lipinski definition) is 4. The summed E-state index contributed by atoms with van der Waals surface area (Å²) in [6.45, 7) is 2.35. The molecule has 1 atom stereocenters. The maximum Gasteiger partial charge on any atom is 0.309 e. The van der Waals surface area contributed by atoms with Gasteiger partial charge < -0.3 is 20.3 Å². The normalized spacial score (nSPS) is 19.4. The zero-order valence-corrected chi connectivity index (χ0v) is 10.5. The highest BCUT2D eigenvalue weighted by Gasteiger charge is 2.18. The quantitative estimate of drug-likeness (QED) is 0.605. The van der Waals surface area contributed by atoms with Gasteiger partial charge in [-0.15, -0.1) is 0 Å². The highest BCUT2D eigenvalue weighted by atomic mass is 16.5. The zero-order chi connectivity index (χ0) is 12.7. The number of nitrogens with zero attached hydrogens (tertiary/aromatic N) is 1. The molecule has 6 heteroatoms. The molecule has 0 aromatic carbocycles. The summed E-state index contributed by atoms with van der Waals surface area (Å²) >= 11 is 0. The van der Waals surface area contributed by atoms with Gasteiger partial charge in [-0.25, -0.2) is 0 Å². The fourth-order valence-corrected chi connectivity index (χ4v) is 1.57. The molecule has 2 N–H and O–H groups in total. The fraction of sp³-hybridized carbons (Fsp3) is 0.818. The van der Waals surface area contributed by atoms with Gasteiger partial charge in [0.25, 0.3) is 0 Å². The lowest BCUT2D eigenvalue weighted by atomic mass is 10.2. The van der Waals surface area contributed by atoms with Crippen molar-refractivity contribution < 1.29 is 14.3 Å². The number of ether oxygens (including phenoxy) is 1. The average molecular weight is 243 g/mol. The molecule has 6 nitrogen and oxygen atoms in total. The summed E-state index contributed by atoms with van der Waals surface area (Å²) in [5, 5.41) is 5.13. The Morgan fingerprint density at radius 1 is 1.29 bits per heavy atom. The third-order valence-corrected chi connectivity index (χ3v) is 2.57. The minimum absolute atomic E-state index is 0.0634. The lowest BCUT2D eigenvalue weighted by Crippen LogP contribution is -2.44. The lowest BCUT2D eigenvalue weighted by molar-refractivity contribution is -0.139. The van der Waals surface area contributed by atoms with Gasteiger partial charge in [0.1, 0.15) is 0 Å². The van der Waals surface area contributed by atoms with Crippen LogP contribution in [0.2, 0.25) is 0 Å². The number of nitrogens with one attached hydrogen (secondary N) is 2. The van der Waals surface area contributed by atoms with Gasteiger partial charge in [0, 0.05) is 26.2 Å². The molecule has 1 saturated heterocycles. The van der Waals surface area contributed by atoms with Gasteiger partial charge in [0.2, 0.25) is 0 Å². The standard InChI is InChI=1S/C11H21N3O3/c1-14(2)6-5-12-10(15)11(16)13-8-9-4-3-7-17-9/h9H,3-8H2,1-2H3,(H,12,15)(H,13,16). The van der Waals surface area contributed by atoms with Gasteiger partial charge in [-0.2, -0.15) is 0 Å². The molecule has 0 aromatic heterocycles. The molecule has 1 rings (SSSR count). The minimum Gasteiger partial charge on any atom is -0.376 e. The molecule has 1 unspecified atom stereocenters. The molecule has 1 aliphatic rings. The van der Waals surface area contributed by atoms with Crippen molar-refractivity contribution in [2.75, 3.05) is 40.3 Å². The molecule has 0 spiro atoms. The van der Waals surface area contributed by atoms with Crippen LogP contribution in [0.15, 0.2) is 0 Å². The van der Waals surface area contributed by atoms with Crippen LogP contribution in [0.4, 0.5) is 0 Å². The van der Waals surface area contributed by atoms with Gasteiger partial charge in [-0.05, 0) is 26.9 Å². The van der Waals surface area contributed by atoms with Crippen LogP contribution < -0.4 is 10.6 Å². The van der Waals surface area contributed by atoms with E-state index < -0.39 is 11.8 Å². The van der Waals surface area contributed by atoms with E-state index in [1.807, 2.05) is 19.0 Å². The van der Waals surface area contributed by atoms with Crippen molar-refractivity contribution in [3.05, 3.63) is 0 Å². The van der Waals surface area contributed by atoms with Crippen molar-refractivity contribution in [3.63, 3.8) is 0 Å². The third kappa shape index (κ3) is 5.65. The van der Waals surface area contributed by atoms with E-state index in [9.17, 15) is 9.59 Å². The fourth-order valence-electron chi connectivity index (χ4n) is 1.57. The molecule has 0 aromatic rings. The summed E-state index contributed by atoms with van der Waals surface area (Å²) in [5.41, 5.74) is 0. The molecule has 0 bridgehead atoms. The Morgan fingerprint density at radius 2 is 2.00 bits per heavy atom. The van der Waals surface area contributed by atoms with Gasteiger partial charge >= 0.3 is 11.8 Å². The van der Waals surface area contributed by atoms with Crippen molar-refractivity contribution in [3.8, 4) is 0 Å². The molecule has 0 radical (unpaired) electrons. The van der Waals surface area contributed by atoms with Crippen molar-refractivity contribution in [1.82, 2.24) is 15.5 Å². The summed E-state index contributed by atoms with van der Waals surface area (Å²) < 4.78 is 5.34. The summed E-state index contributed by atoms with van der Waals surface area (Å²) in [4.78, 5) is 24.7. The SMILES string of the molecule is CN(C)CCNC(=O)C(=O)NCC1CCCO1. The monoisotopic (exact) mass is 243 g/mol. The van der Waals surface area contributed by atoms with E-state index in [1.54, 1.807) is 0 Å². The second-order valence-electron chi connectivity index (χ2n) is 4.40. The van der Waals surface area contributed by atoms with E-state index in [0.717, 1.165) is 19.4 Å². The average Bonchev–Trinajstić information content (AvgIpc) is 2.78. The number of hydrogen-bond donors (Lipinski definition) is 2. The van der Waals surface area contributed by atoms with E-state index in [0.29, 0.717) is 19.6 Å². The van der Waals surface area contributed by atoms with Gasteiger partial charge in [-0.1, -0.05) is 0 Å². The maximum atomic E-state index is 11.4. The Morgan fingerprint density at radius 3 is 2.59 bits per heavy atom. The van der Waals surface area contributed by atoms with E-state index in [2.05, 4.69) is 10.6 Å². The van der Waals surface area contributed by atoms with Crippen LogP contribution in [0.5, 0.6) is 0 Å². The predicted octanol–water partition coefficient (Wildman–Crippen LogP) is -1.04. The number of amides is 2. The molecule has 0 aliphatic carbocycles. The number of carbonyl (C=O) groups is 2.